The second-order valence-electron chi connectivity index (χ2n) is 18.1. The summed E-state index contributed by atoms with van der Waals surface area (Å²) in [5.74, 6) is -0.931. The molecule has 0 aromatic carbocycles. The van der Waals surface area contributed by atoms with Crippen molar-refractivity contribution in [3.05, 3.63) is 72.9 Å². The molecule has 0 aromatic rings. The van der Waals surface area contributed by atoms with E-state index >= 15 is 0 Å². The van der Waals surface area contributed by atoms with E-state index in [1.165, 1.54) is 122 Å². The molecule has 0 aliphatic carbocycles. The molecule has 0 amide bonds. The van der Waals surface area contributed by atoms with E-state index in [4.69, 9.17) is 14.2 Å². The number of carbonyl (C=O) groups is 3. The average Bonchev–Trinajstić information content (AvgIpc) is 3.30. The van der Waals surface area contributed by atoms with E-state index in [1.807, 2.05) is 0 Å². The number of hydrogen-bond donors (Lipinski definition) is 0. The zero-order chi connectivity index (χ0) is 47.2. The summed E-state index contributed by atoms with van der Waals surface area (Å²) in [6, 6.07) is 0. The Morgan fingerprint density at radius 1 is 0.323 bits per heavy atom. The number of hydrogen-bond acceptors (Lipinski definition) is 6. The SMILES string of the molecule is CC/C=C\C/C=C\C/C=C\C/C=C\CCCCCC(=O)OCC(COC(=O)CCCCCCCCC/C=C\CCCCCC)OC(=O)CCCCCCC/C=C\CCCCCCCCC. The van der Waals surface area contributed by atoms with Crippen LogP contribution in [0.25, 0.3) is 0 Å². The monoisotopic (exact) mass is 907 g/mol. The van der Waals surface area contributed by atoms with Gasteiger partial charge in [-0.3, -0.25) is 14.4 Å². The van der Waals surface area contributed by atoms with E-state index in [0.29, 0.717) is 19.3 Å². The highest BCUT2D eigenvalue weighted by Gasteiger charge is 2.19. The fraction of sp³-hybridized carbons (Fsp3) is 0.746. The van der Waals surface area contributed by atoms with Crippen LogP contribution in [0.15, 0.2) is 72.9 Å². The van der Waals surface area contributed by atoms with Gasteiger partial charge in [-0.15, -0.1) is 0 Å². The maximum atomic E-state index is 12.8. The summed E-state index contributed by atoms with van der Waals surface area (Å²) >= 11 is 0. The van der Waals surface area contributed by atoms with E-state index in [9.17, 15) is 14.4 Å². The molecule has 6 nitrogen and oxygen atoms in total. The van der Waals surface area contributed by atoms with E-state index < -0.39 is 6.10 Å². The van der Waals surface area contributed by atoms with Gasteiger partial charge in [0.25, 0.3) is 0 Å². The molecule has 0 saturated heterocycles. The predicted octanol–water partition coefficient (Wildman–Crippen LogP) is 18.2. The summed E-state index contributed by atoms with van der Waals surface area (Å²) in [5, 5.41) is 0. The second kappa shape index (κ2) is 53.5. The van der Waals surface area contributed by atoms with Crippen molar-refractivity contribution >= 4 is 17.9 Å². The summed E-state index contributed by atoms with van der Waals surface area (Å²) in [5.41, 5.74) is 0. The fourth-order valence-corrected chi connectivity index (χ4v) is 7.54. The standard InChI is InChI=1S/C59H102O6/c1-4-7-10-13-16-19-22-25-28-31-34-37-40-43-46-49-52-58(61)64-55-56(54-63-57(60)51-48-45-42-39-36-33-30-27-24-21-18-15-12-9-6-3)65-59(62)53-50-47-44-41-38-35-32-29-26-23-20-17-14-11-8-5-2/h7,10,16,19,21,24-25,28-29,32,34,37,56H,4-6,8-9,11-15,17-18,20,22-23,26-27,30-31,33,35-36,38-55H2,1-3H3/b10-7-,19-16-,24-21-,28-25-,32-29-,37-34-. The lowest BCUT2D eigenvalue weighted by Gasteiger charge is -2.18. The van der Waals surface area contributed by atoms with Gasteiger partial charge in [-0.1, -0.05) is 209 Å². The van der Waals surface area contributed by atoms with Crippen molar-refractivity contribution in [1.82, 2.24) is 0 Å². The third-order valence-corrected chi connectivity index (χ3v) is 11.7. The highest BCUT2D eigenvalue weighted by atomic mass is 16.6. The number of esters is 3. The number of ether oxygens (including phenoxy) is 3. The van der Waals surface area contributed by atoms with Crippen LogP contribution in [-0.4, -0.2) is 37.2 Å². The largest absolute Gasteiger partial charge is 0.462 e. The normalized spacial score (nSPS) is 12.6. The molecule has 374 valence electrons. The Balaban J connectivity index is 4.45. The van der Waals surface area contributed by atoms with Crippen molar-refractivity contribution in [2.24, 2.45) is 0 Å². The molecule has 0 fully saturated rings. The quantitative estimate of drug-likeness (QED) is 0.0262. The topological polar surface area (TPSA) is 78.9 Å². The Morgan fingerprint density at radius 3 is 0.985 bits per heavy atom. The molecule has 0 saturated carbocycles. The van der Waals surface area contributed by atoms with Crippen molar-refractivity contribution < 1.29 is 28.6 Å². The molecule has 0 aliphatic rings. The number of unbranched alkanes of at least 4 members (excludes halogenated alkanes) is 26. The first-order chi connectivity index (χ1) is 32.0. The molecule has 0 radical (unpaired) electrons. The number of rotatable bonds is 49. The van der Waals surface area contributed by atoms with Gasteiger partial charge in [-0.2, -0.15) is 0 Å². The molecule has 0 heterocycles. The van der Waals surface area contributed by atoms with Gasteiger partial charge in [0.15, 0.2) is 6.10 Å². The molecule has 0 aliphatic heterocycles. The molecular formula is C59H102O6. The van der Waals surface area contributed by atoms with Crippen LogP contribution in [0.2, 0.25) is 0 Å². The van der Waals surface area contributed by atoms with Crippen LogP contribution in [0.3, 0.4) is 0 Å². The fourth-order valence-electron chi connectivity index (χ4n) is 7.54. The van der Waals surface area contributed by atoms with Gasteiger partial charge in [0.2, 0.25) is 0 Å². The van der Waals surface area contributed by atoms with E-state index in [2.05, 4.69) is 93.7 Å². The van der Waals surface area contributed by atoms with Crippen LogP contribution >= 0.6 is 0 Å². The lowest BCUT2D eigenvalue weighted by Crippen LogP contribution is -2.30. The lowest BCUT2D eigenvalue weighted by atomic mass is 10.1. The summed E-state index contributed by atoms with van der Waals surface area (Å²) in [6.45, 7) is 6.48. The van der Waals surface area contributed by atoms with Crippen LogP contribution in [-0.2, 0) is 28.6 Å². The first kappa shape index (κ1) is 61.9. The minimum atomic E-state index is -0.794. The Labute approximate surface area is 402 Å². The highest BCUT2D eigenvalue weighted by Crippen LogP contribution is 2.14. The van der Waals surface area contributed by atoms with Gasteiger partial charge in [-0.25, -0.2) is 0 Å². The Hall–Kier alpha value is -3.15. The van der Waals surface area contributed by atoms with E-state index in [0.717, 1.165) is 103 Å². The zero-order valence-electron chi connectivity index (χ0n) is 42.7. The van der Waals surface area contributed by atoms with Gasteiger partial charge in [0.1, 0.15) is 13.2 Å². The Bertz CT molecular complexity index is 1230. The minimum absolute atomic E-state index is 0.0909. The smallest absolute Gasteiger partial charge is 0.306 e. The predicted molar refractivity (Wildman–Crippen MR) is 279 cm³/mol. The second-order valence-corrected chi connectivity index (χ2v) is 18.1. The molecule has 0 bridgehead atoms. The molecule has 0 N–H and O–H groups in total. The van der Waals surface area contributed by atoms with Crippen molar-refractivity contribution in [1.29, 1.82) is 0 Å². The summed E-state index contributed by atoms with van der Waals surface area (Å²) < 4.78 is 16.8. The Morgan fingerprint density at radius 2 is 0.600 bits per heavy atom. The highest BCUT2D eigenvalue weighted by molar-refractivity contribution is 5.71. The van der Waals surface area contributed by atoms with Gasteiger partial charge in [0, 0.05) is 19.3 Å². The maximum Gasteiger partial charge on any atom is 0.306 e. The Kier molecular flexibility index (Phi) is 50.9. The van der Waals surface area contributed by atoms with Crippen LogP contribution in [0.4, 0.5) is 0 Å². The molecule has 1 atom stereocenters. The molecule has 65 heavy (non-hydrogen) atoms. The van der Waals surface area contributed by atoms with Crippen LogP contribution in [0.1, 0.15) is 265 Å². The van der Waals surface area contributed by atoms with Crippen molar-refractivity contribution in [2.75, 3.05) is 13.2 Å². The van der Waals surface area contributed by atoms with Crippen molar-refractivity contribution in [2.45, 2.75) is 271 Å². The summed E-state index contributed by atoms with van der Waals surface area (Å²) in [4.78, 5) is 38.1. The van der Waals surface area contributed by atoms with Gasteiger partial charge in [0.05, 0.1) is 0 Å². The number of carbonyl (C=O) groups excluding carboxylic acids is 3. The molecule has 0 spiro atoms. The molecule has 1 unspecified atom stereocenters. The van der Waals surface area contributed by atoms with E-state index in [1.54, 1.807) is 0 Å². The third-order valence-electron chi connectivity index (χ3n) is 11.7. The van der Waals surface area contributed by atoms with Gasteiger partial charge >= 0.3 is 17.9 Å². The van der Waals surface area contributed by atoms with E-state index in [-0.39, 0.29) is 31.1 Å². The summed E-state index contributed by atoms with van der Waals surface area (Å²) in [6.07, 6.45) is 67.4. The van der Waals surface area contributed by atoms with Gasteiger partial charge in [-0.05, 0) is 109 Å². The summed E-state index contributed by atoms with van der Waals surface area (Å²) in [7, 11) is 0. The van der Waals surface area contributed by atoms with Crippen molar-refractivity contribution in [3.8, 4) is 0 Å². The first-order valence-corrected chi connectivity index (χ1v) is 27.4. The molecule has 0 rings (SSSR count). The van der Waals surface area contributed by atoms with Gasteiger partial charge < -0.3 is 14.2 Å². The van der Waals surface area contributed by atoms with Crippen LogP contribution < -0.4 is 0 Å². The molecule has 6 heteroatoms. The number of allylic oxidation sites excluding steroid dienone is 12. The average molecular weight is 907 g/mol. The van der Waals surface area contributed by atoms with Crippen LogP contribution in [0.5, 0.6) is 0 Å². The first-order valence-electron chi connectivity index (χ1n) is 27.4. The molecular weight excluding hydrogens is 805 g/mol. The van der Waals surface area contributed by atoms with Crippen molar-refractivity contribution in [3.63, 3.8) is 0 Å². The van der Waals surface area contributed by atoms with Crippen LogP contribution in [0, 0.1) is 0 Å². The molecule has 0 aromatic heterocycles. The maximum absolute atomic E-state index is 12.8. The third kappa shape index (κ3) is 51.7. The zero-order valence-corrected chi connectivity index (χ0v) is 42.7. The lowest BCUT2D eigenvalue weighted by molar-refractivity contribution is -0.167. The minimum Gasteiger partial charge on any atom is -0.462 e.